The molecule has 2 unspecified atom stereocenters. The number of hydrogen-bond donors (Lipinski definition) is 2. The minimum Gasteiger partial charge on any atom is -0.399 e. The van der Waals surface area contributed by atoms with Gasteiger partial charge in [-0.05, 0) is 53.4 Å². The minimum atomic E-state index is -3.53. The molecule has 106 valence electrons. The van der Waals surface area contributed by atoms with Crippen LogP contribution in [0.3, 0.4) is 0 Å². The Balaban J connectivity index is 2.29. The Bertz CT molecular complexity index is 574. The molecule has 0 saturated carbocycles. The maximum absolute atomic E-state index is 12.5. The van der Waals surface area contributed by atoms with E-state index in [0.717, 1.165) is 0 Å². The molecule has 3 N–H and O–H groups in total. The van der Waals surface area contributed by atoms with E-state index in [1.165, 1.54) is 10.4 Å². The molecule has 1 aromatic rings. The van der Waals surface area contributed by atoms with Crippen LogP contribution in [0.5, 0.6) is 0 Å². The van der Waals surface area contributed by atoms with E-state index in [1.54, 1.807) is 19.1 Å². The first-order valence-electron chi connectivity index (χ1n) is 6.05. The van der Waals surface area contributed by atoms with Gasteiger partial charge in [-0.15, -0.1) is 0 Å². The number of hydrogen-bond acceptors (Lipinski definition) is 4. The van der Waals surface area contributed by atoms with Crippen molar-refractivity contribution < 1.29 is 13.5 Å². The van der Waals surface area contributed by atoms with Gasteiger partial charge in [0.2, 0.25) is 10.0 Å². The van der Waals surface area contributed by atoms with Crippen molar-refractivity contribution in [1.29, 1.82) is 0 Å². The van der Waals surface area contributed by atoms with Gasteiger partial charge in [0.1, 0.15) is 0 Å². The van der Waals surface area contributed by atoms with Crippen LogP contribution in [0.2, 0.25) is 0 Å². The Hall–Kier alpha value is -0.630. The molecule has 1 fully saturated rings. The Morgan fingerprint density at radius 1 is 1.53 bits per heavy atom. The van der Waals surface area contributed by atoms with Crippen LogP contribution in [0.15, 0.2) is 27.6 Å². The van der Waals surface area contributed by atoms with Gasteiger partial charge in [0.05, 0.1) is 11.0 Å². The third-order valence-corrected chi connectivity index (χ3v) is 6.29. The van der Waals surface area contributed by atoms with Crippen molar-refractivity contribution in [3.8, 4) is 0 Å². The highest BCUT2D eigenvalue weighted by molar-refractivity contribution is 9.10. The summed E-state index contributed by atoms with van der Waals surface area (Å²) in [5, 5.41) is 9.55. The number of benzene rings is 1. The van der Waals surface area contributed by atoms with Crippen molar-refractivity contribution in [2.45, 2.75) is 24.3 Å². The Morgan fingerprint density at radius 3 is 2.74 bits per heavy atom. The summed E-state index contributed by atoms with van der Waals surface area (Å²) in [6.07, 6.45) is 0.193. The molecule has 1 saturated heterocycles. The fourth-order valence-electron chi connectivity index (χ4n) is 2.23. The van der Waals surface area contributed by atoms with Crippen LogP contribution in [0.25, 0.3) is 0 Å². The van der Waals surface area contributed by atoms with E-state index < -0.39 is 16.1 Å². The normalized spacial score (nSPS) is 22.6. The molecule has 1 aliphatic rings. The Morgan fingerprint density at radius 2 is 2.21 bits per heavy atom. The molecule has 0 bridgehead atoms. The van der Waals surface area contributed by atoms with Gasteiger partial charge in [-0.1, -0.05) is 0 Å². The van der Waals surface area contributed by atoms with Crippen LogP contribution in [0.1, 0.15) is 13.3 Å². The first kappa shape index (κ1) is 14.8. The quantitative estimate of drug-likeness (QED) is 0.809. The fraction of sp³-hybridized carbons (Fsp3) is 0.500. The van der Waals surface area contributed by atoms with Crippen LogP contribution >= 0.6 is 15.9 Å². The lowest BCUT2D eigenvalue weighted by Gasteiger charge is -2.18. The summed E-state index contributed by atoms with van der Waals surface area (Å²) in [7, 11) is -3.53. The van der Waals surface area contributed by atoms with E-state index in [9.17, 15) is 13.5 Å². The summed E-state index contributed by atoms with van der Waals surface area (Å²) < 4.78 is 26.9. The van der Waals surface area contributed by atoms with Crippen LogP contribution in [0.4, 0.5) is 5.69 Å². The largest absolute Gasteiger partial charge is 0.399 e. The molecule has 0 aliphatic carbocycles. The number of nitrogen functional groups attached to an aromatic ring is 1. The van der Waals surface area contributed by atoms with E-state index in [0.29, 0.717) is 29.7 Å². The highest BCUT2D eigenvalue weighted by Crippen LogP contribution is 2.31. The van der Waals surface area contributed by atoms with E-state index in [1.807, 2.05) is 0 Å². The van der Waals surface area contributed by atoms with Crippen LogP contribution < -0.4 is 5.73 Å². The van der Waals surface area contributed by atoms with Crippen LogP contribution in [0, 0.1) is 5.92 Å². The highest BCUT2D eigenvalue weighted by Gasteiger charge is 2.35. The average Bonchev–Trinajstić information content (AvgIpc) is 2.78. The van der Waals surface area contributed by atoms with Crippen LogP contribution in [-0.4, -0.2) is 37.0 Å². The number of rotatable bonds is 3. The van der Waals surface area contributed by atoms with Gasteiger partial charge in [0.25, 0.3) is 0 Å². The molecule has 7 heteroatoms. The van der Waals surface area contributed by atoms with Gasteiger partial charge in [-0.2, -0.15) is 4.31 Å². The van der Waals surface area contributed by atoms with Crippen molar-refractivity contribution in [3.05, 3.63) is 22.7 Å². The lowest BCUT2D eigenvalue weighted by molar-refractivity contribution is 0.133. The minimum absolute atomic E-state index is 0.00216. The second-order valence-electron chi connectivity index (χ2n) is 4.84. The number of anilines is 1. The summed E-state index contributed by atoms with van der Waals surface area (Å²) >= 11 is 3.24. The molecule has 1 aromatic carbocycles. The zero-order chi connectivity index (χ0) is 14.2. The number of aliphatic hydroxyl groups excluding tert-OH is 1. The van der Waals surface area contributed by atoms with E-state index in [4.69, 9.17) is 5.73 Å². The number of nitrogens with zero attached hydrogens (tertiary/aromatic N) is 1. The molecular weight excluding hydrogens is 332 g/mol. The zero-order valence-electron chi connectivity index (χ0n) is 10.6. The predicted octanol–water partition coefficient (Wildman–Crippen LogP) is 1.42. The van der Waals surface area contributed by atoms with Crippen molar-refractivity contribution in [1.82, 2.24) is 4.31 Å². The standard InChI is InChI=1S/C12H17BrN2O3S/c1-8(16)9-4-5-15(7-9)19(17,18)12-3-2-10(14)6-11(12)13/h2-3,6,8-9,16H,4-5,7,14H2,1H3. The van der Waals surface area contributed by atoms with Gasteiger partial charge in [0, 0.05) is 23.2 Å². The second kappa shape index (κ2) is 5.40. The number of sulfonamides is 1. The molecule has 0 amide bonds. The topological polar surface area (TPSA) is 83.6 Å². The summed E-state index contributed by atoms with van der Waals surface area (Å²) in [4.78, 5) is 0.216. The second-order valence-corrected chi connectivity index (χ2v) is 7.60. The van der Waals surface area contributed by atoms with Crippen molar-refractivity contribution >= 4 is 31.6 Å². The third-order valence-electron chi connectivity index (χ3n) is 3.44. The van der Waals surface area contributed by atoms with Gasteiger partial charge < -0.3 is 10.8 Å². The monoisotopic (exact) mass is 348 g/mol. The molecule has 2 rings (SSSR count). The zero-order valence-corrected chi connectivity index (χ0v) is 13.0. The highest BCUT2D eigenvalue weighted by atomic mass is 79.9. The number of halogens is 1. The molecule has 0 spiro atoms. The molecule has 2 atom stereocenters. The SMILES string of the molecule is CC(O)C1CCN(S(=O)(=O)c2ccc(N)cc2Br)C1. The van der Waals surface area contributed by atoms with Crippen LogP contribution in [-0.2, 0) is 10.0 Å². The molecule has 0 aromatic heterocycles. The predicted molar refractivity (Wildman–Crippen MR) is 77.1 cm³/mol. The van der Waals surface area contributed by atoms with Gasteiger partial charge in [0.15, 0.2) is 0 Å². The molecule has 1 heterocycles. The Kier molecular flexibility index (Phi) is 4.20. The first-order chi connectivity index (χ1) is 8.82. The lowest BCUT2D eigenvalue weighted by atomic mass is 10.0. The van der Waals surface area contributed by atoms with E-state index in [2.05, 4.69) is 15.9 Å². The molecule has 0 radical (unpaired) electrons. The van der Waals surface area contributed by atoms with Crippen molar-refractivity contribution in [3.63, 3.8) is 0 Å². The van der Waals surface area contributed by atoms with Gasteiger partial charge in [-0.3, -0.25) is 0 Å². The fourth-order valence-corrected chi connectivity index (χ4v) is 4.80. The van der Waals surface area contributed by atoms with Crippen molar-refractivity contribution in [2.75, 3.05) is 18.8 Å². The maximum atomic E-state index is 12.5. The number of nitrogens with two attached hydrogens (primary N) is 1. The number of aliphatic hydroxyl groups is 1. The van der Waals surface area contributed by atoms with Gasteiger partial charge >= 0.3 is 0 Å². The summed E-state index contributed by atoms with van der Waals surface area (Å²) in [5.41, 5.74) is 6.12. The third kappa shape index (κ3) is 2.94. The van der Waals surface area contributed by atoms with E-state index in [-0.39, 0.29) is 10.8 Å². The average molecular weight is 349 g/mol. The maximum Gasteiger partial charge on any atom is 0.244 e. The Labute approximate surface area is 121 Å². The van der Waals surface area contributed by atoms with E-state index >= 15 is 0 Å². The molecule has 1 aliphatic heterocycles. The molecule has 19 heavy (non-hydrogen) atoms. The van der Waals surface area contributed by atoms with Gasteiger partial charge in [-0.25, -0.2) is 8.42 Å². The molecular formula is C12H17BrN2O3S. The lowest BCUT2D eigenvalue weighted by Crippen LogP contribution is -2.30. The summed E-state index contributed by atoms with van der Waals surface area (Å²) in [6.45, 7) is 2.49. The smallest absolute Gasteiger partial charge is 0.244 e. The summed E-state index contributed by atoms with van der Waals surface area (Å²) in [6, 6.07) is 4.65. The molecule has 5 nitrogen and oxygen atoms in total. The first-order valence-corrected chi connectivity index (χ1v) is 8.29. The summed E-state index contributed by atoms with van der Waals surface area (Å²) in [5.74, 6) is 0.00216. The van der Waals surface area contributed by atoms with Crippen molar-refractivity contribution in [2.24, 2.45) is 5.92 Å².